The Morgan fingerprint density at radius 1 is 0.282 bits per heavy atom. The Hall–Kier alpha value is -9.16. The van der Waals surface area contributed by atoms with Crippen molar-refractivity contribution in [3.8, 4) is 22.5 Å². The Morgan fingerprint density at radius 3 is 1.32 bits per heavy atom. The fraction of sp³-hybridized carbons (Fsp3) is 0. The van der Waals surface area contributed by atoms with Gasteiger partial charge < -0.3 is 18.9 Å². The first-order chi connectivity index (χ1) is 35.3. The number of thiophene rings is 1. The zero-order chi connectivity index (χ0) is 46.8. The molecule has 14 aromatic rings. The molecule has 334 valence electrons. The second kappa shape index (κ2) is 16.8. The van der Waals surface area contributed by atoms with E-state index < -0.39 is 0 Å². The molecule has 0 aliphatic rings. The molecule has 0 aliphatic heterocycles. The van der Waals surface area contributed by atoms with E-state index in [1.165, 1.54) is 52.8 Å². The second-order valence-corrected chi connectivity index (χ2v) is 19.1. The van der Waals surface area contributed by atoms with Crippen LogP contribution in [0.4, 0.5) is 34.1 Å². The summed E-state index contributed by atoms with van der Waals surface area (Å²) in [5.41, 5.74) is 15.6. The second-order valence-electron chi connectivity index (χ2n) is 18.1. The van der Waals surface area contributed by atoms with Crippen LogP contribution in [0.15, 0.2) is 267 Å². The van der Waals surface area contributed by atoms with Crippen LogP contribution < -0.4 is 9.80 Å². The van der Waals surface area contributed by atoms with Crippen LogP contribution in [0.3, 0.4) is 0 Å². The lowest BCUT2D eigenvalue weighted by molar-refractivity contribution is 1.18. The van der Waals surface area contributed by atoms with E-state index in [4.69, 9.17) is 0 Å². The molecule has 0 aliphatic carbocycles. The maximum absolute atomic E-state index is 2.45. The summed E-state index contributed by atoms with van der Waals surface area (Å²) in [4.78, 5) is 4.86. The largest absolute Gasteiger partial charge is 0.310 e. The molecule has 71 heavy (non-hydrogen) atoms. The molecule has 0 unspecified atom stereocenters. The predicted octanol–water partition coefficient (Wildman–Crippen LogP) is 18.9. The molecule has 0 fully saturated rings. The lowest BCUT2D eigenvalue weighted by Crippen LogP contribution is -2.13. The SMILES string of the molecule is c1ccc(N(c2ccc3c4ccccc4n(-c4ccccc4)c3c2)c2ccccc2-c2ccccc2N(c2ccccc2)c2ccc3c4c5sc6ccccc6c5ccc4n(-c4ccccc4)c3c2)cc1. The van der Waals surface area contributed by atoms with Gasteiger partial charge in [-0.2, -0.15) is 0 Å². The van der Waals surface area contributed by atoms with Gasteiger partial charge in [0.2, 0.25) is 0 Å². The normalized spacial score (nSPS) is 11.7. The van der Waals surface area contributed by atoms with Crippen molar-refractivity contribution >= 4 is 109 Å². The van der Waals surface area contributed by atoms with Crippen LogP contribution in [0.25, 0.3) is 86.3 Å². The van der Waals surface area contributed by atoms with Crippen LogP contribution in [-0.2, 0) is 0 Å². The molecule has 0 spiro atoms. The van der Waals surface area contributed by atoms with E-state index in [2.05, 4.69) is 286 Å². The molecular weight excluding hydrogens is 881 g/mol. The van der Waals surface area contributed by atoms with Crippen LogP contribution in [-0.4, -0.2) is 9.13 Å². The summed E-state index contributed by atoms with van der Waals surface area (Å²) in [5.74, 6) is 0. The van der Waals surface area contributed by atoms with Crippen molar-refractivity contribution in [2.75, 3.05) is 9.80 Å². The van der Waals surface area contributed by atoms with Crippen LogP contribution in [0.1, 0.15) is 0 Å². The van der Waals surface area contributed by atoms with Crippen molar-refractivity contribution in [1.29, 1.82) is 0 Å². The van der Waals surface area contributed by atoms with Gasteiger partial charge in [-0.25, -0.2) is 0 Å². The number of benzene rings is 11. The Morgan fingerprint density at radius 2 is 0.718 bits per heavy atom. The average Bonchev–Trinajstić information content (AvgIpc) is 4.10. The molecule has 0 atom stereocenters. The highest BCUT2D eigenvalue weighted by molar-refractivity contribution is 7.26. The highest BCUT2D eigenvalue weighted by Crippen LogP contribution is 2.49. The molecule has 3 aromatic heterocycles. The van der Waals surface area contributed by atoms with Gasteiger partial charge in [-0.3, -0.25) is 0 Å². The maximum Gasteiger partial charge on any atom is 0.0562 e. The molecule has 5 heteroatoms. The Labute approximate surface area is 415 Å². The fourth-order valence-electron chi connectivity index (χ4n) is 11.0. The topological polar surface area (TPSA) is 16.3 Å². The van der Waals surface area contributed by atoms with Crippen molar-refractivity contribution in [2.24, 2.45) is 0 Å². The summed E-state index contributed by atoms with van der Waals surface area (Å²) in [6, 6.07) is 97.1. The van der Waals surface area contributed by atoms with Crippen molar-refractivity contribution in [3.05, 3.63) is 267 Å². The van der Waals surface area contributed by atoms with E-state index in [1.807, 2.05) is 11.3 Å². The van der Waals surface area contributed by atoms with Gasteiger partial charge in [0, 0.05) is 87.0 Å². The van der Waals surface area contributed by atoms with Gasteiger partial charge in [-0.1, -0.05) is 164 Å². The summed E-state index contributed by atoms with van der Waals surface area (Å²) in [6.07, 6.45) is 0. The van der Waals surface area contributed by atoms with E-state index in [0.29, 0.717) is 0 Å². The molecular formula is C66H44N4S. The number of rotatable bonds is 9. The smallest absolute Gasteiger partial charge is 0.0562 e. The van der Waals surface area contributed by atoms with Crippen LogP contribution in [0.2, 0.25) is 0 Å². The fourth-order valence-corrected chi connectivity index (χ4v) is 12.3. The number of hydrogen-bond acceptors (Lipinski definition) is 3. The van der Waals surface area contributed by atoms with Crippen molar-refractivity contribution < 1.29 is 0 Å². The molecule has 0 bridgehead atoms. The lowest BCUT2D eigenvalue weighted by Gasteiger charge is -2.31. The first-order valence-electron chi connectivity index (χ1n) is 24.2. The van der Waals surface area contributed by atoms with E-state index >= 15 is 0 Å². The third-order valence-corrected chi connectivity index (χ3v) is 15.3. The third-order valence-electron chi connectivity index (χ3n) is 14.1. The molecule has 0 saturated carbocycles. The summed E-state index contributed by atoms with van der Waals surface area (Å²) >= 11 is 1.89. The quantitative estimate of drug-likeness (QED) is 0.143. The predicted molar refractivity (Wildman–Crippen MR) is 303 cm³/mol. The van der Waals surface area contributed by atoms with E-state index in [9.17, 15) is 0 Å². The first kappa shape index (κ1) is 40.9. The molecule has 0 radical (unpaired) electrons. The monoisotopic (exact) mass is 924 g/mol. The maximum atomic E-state index is 2.45. The minimum atomic E-state index is 1.07. The Balaban J connectivity index is 0.985. The van der Waals surface area contributed by atoms with E-state index in [-0.39, 0.29) is 0 Å². The minimum Gasteiger partial charge on any atom is -0.310 e. The minimum absolute atomic E-state index is 1.07. The summed E-state index contributed by atoms with van der Waals surface area (Å²) in [7, 11) is 0. The number of fused-ring (bicyclic) bond motifs is 10. The van der Waals surface area contributed by atoms with Gasteiger partial charge in [0.25, 0.3) is 0 Å². The highest BCUT2D eigenvalue weighted by atomic mass is 32.1. The van der Waals surface area contributed by atoms with Crippen molar-refractivity contribution in [2.45, 2.75) is 0 Å². The van der Waals surface area contributed by atoms with Crippen LogP contribution >= 0.6 is 11.3 Å². The first-order valence-corrected chi connectivity index (χ1v) is 25.0. The number of para-hydroxylation sites is 7. The van der Waals surface area contributed by atoms with Gasteiger partial charge in [0.05, 0.1) is 33.4 Å². The summed E-state index contributed by atoms with van der Waals surface area (Å²) in [6.45, 7) is 0. The average molecular weight is 925 g/mol. The van der Waals surface area contributed by atoms with Gasteiger partial charge in [0.15, 0.2) is 0 Å². The third kappa shape index (κ3) is 6.66. The molecule has 11 aromatic carbocycles. The lowest BCUT2D eigenvalue weighted by atomic mass is 9.98. The van der Waals surface area contributed by atoms with Gasteiger partial charge >= 0.3 is 0 Å². The summed E-state index contributed by atoms with van der Waals surface area (Å²) in [5, 5.41) is 7.58. The summed E-state index contributed by atoms with van der Waals surface area (Å²) < 4.78 is 7.48. The number of nitrogens with zero attached hydrogens (tertiary/aromatic N) is 4. The van der Waals surface area contributed by atoms with E-state index in [0.717, 1.165) is 67.7 Å². The highest BCUT2D eigenvalue weighted by Gasteiger charge is 2.25. The van der Waals surface area contributed by atoms with Crippen molar-refractivity contribution in [1.82, 2.24) is 9.13 Å². The van der Waals surface area contributed by atoms with Crippen LogP contribution in [0, 0.1) is 0 Å². The van der Waals surface area contributed by atoms with Gasteiger partial charge in [-0.15, -0.1) is 11.3 Å². The number of aromatic nitrogens is 2. The molecule has 0 N–H and O–H groups in total. The molecule has 3 heterocycles. The molecule has 0 amide bonds. The van der Waals surface area contributed by atoms with E-state index in [1.54, 1.807) is 0 Å². The number of anilines is 6. The Kier molecular flexibility index (Phi) is 9.68. The standard InChI is InChI=1S/C66H44N4S/c1-5-21-45(22-6-1)67(49-37-39-54-53-31-15-19-35-60(53)69(62(54)43-49)47-25-9-3-10-26-47)58-33-17-13-29-51(58)52-30-14-18-34-59(52)68(46-23-7-2-8-24-46)50-38-40-57-63(44-50)70(48-27-11-4-12-28-48)61-42-41-56-55-32-16-20-36-64(55)71-66(56)65(57)61/h1-44H. The zero-order valence-corrected chi connectivity index (χ0v) is 39.4. The van der Waals surface area contributed by atoms with Crippen LogP contribution in [0.5, 0.6) is 0 Å². The van der Waals surface area contributed by atoms with Gasteiger partial charge in [-0.05, 0) is 103 Å². The molecule has 4 nitrogen and oxygen atoms in total. The molecule has 0 saturated heterocycles. The molecule has 14 rings (SSSR count). The zero-order valence-electron chi connectivity index (χ0n) is 38.6. The number of hydrogen-bond donors (Lipinski definition) is 0. The van der Waals surface area contributed by atoms with Crippen molar-refractivity contribution in [3.63, 3.8) is 0 Å². The Bertz CT molecular complexity index is 4290. The van der Waals surface area contributed by atoms with Gasteiger partial charge in [0.1, 0.15) is 0 Å².